The molecule has 0 saturated carbocycles. The van der Waals surface area contributed by atoms with Crippen molar-refractivity contribution in [1.82, 2.24) is 0 Å². The number of rotatable bonds is 3. The molecule has 0 spiro atoms. The first kappa shape index (κ1) is 10.1. The van der Waals surface area contributed by atoms with Gasteiger partial charge in [-0.2, -0.15) is 0 Å². The van der Waals surface area contributed by atoms with Crippen LogP contribution in [0.4, 0.5) is 5.69 Å². The van der Waals surface area contributed by atoms with Gasteiger partial charge in [0, 0.05) is 5.69 Å². The van der Waals surface area contributed by atoms with Gasteiger partial charge in [-0.25, -0.2) is 0 Å². The number of hydrogen-bond donors (Lipinski definition) is 2. The molecule has 0 aliphatic carbocycles. The molecule has 0 aromatic heterocycles. The second-order valence-corrected chi connectivity index (χ2v) is 3.76. The molecule has 0 aliphatic heterocycles. The van der Waals surface area contributed by atoms with E-state index < -0.39 is 0 Å². The van der Waals surface area contributed by atoms with Gasteiger partial charge >= 0.3 is 0 Å². The predicted molar refractivity (Wildman–Crippen MR) is 57.5 cm³/mol. The molecular weight excluding hydrogens is 160 g/mol. The van der Waals surface area contributed by atoms with Crippen molar-refractivity contribution < 1.29 is 0 Å². The molecular formula is C11H18N2. The van der Waals surface area contributed by atoms with Crippen LogP contribution < -0.4 is 11.5 Å². The molecule has 1 atom stereocenters. The van der Waals surface area contributed by atoms with E-state index >= 15 is 0 Å². The van der Waals surface area contributed by atoms with Crippen molar-refractivity contribution in [3.8, 4) is 0 Å². The van der Waals surface area contributed by atoms with E-state index in [4.69, 9.17) is 11.5 Å². The highest BCUT2D eigenvalue weighted by atomic mass is 14.6. The highest BCUT2D eigenvalue weighted by Crippen LogP contribution is 2.24. The Kier molecular flexibility index (Phi) is 3.32. The highest BCUT2D eigenvalue weighted by Gasteiger charge is 2.13. The van der Waals surface area contributed by atoms with Crippen LogP contribution in [0.3, 0.4) is 0 Å². The van der Waals surface area contributed by atoms with Crippen LogP contribution in [0, 0.1) is 5.92 Å². The Hall–Kier alpha value is -1.02. The lowest BCUT2D eigenvalue weighted by Gasteiger charge is -2.19. The summed E-state index contributed by atoms with van der Waals surface area (Å²) in [5.74, 6) is 0.982. The summed E-state index contributed by atoms with van der Waals surface area (Å²) in [6.07, 6.45) is 0. The summed E-state index contributed by atoms with van der Waals surface area (Å²) >= 11 is 0. The highest BCUT2D eigenvalue weighted by molar-refractivity contribution is 5.42. The molecule has 1 unspecified atom stereocenters. The minimum absolute atomic E-state index is 0.420. The summed E-state index contributed by atoms with van der Waals surface area (Å²) in [4.78, 5) is 0. The summed E-state index contributed by atoms with van der Waals surface area (Å²) in [5.41, 5.74) is 13.5. The Morgan fingerprint density at radius 1 is 1.31 bits per heavy atom. The molecule has 1 aromatic rings. The molecule has 0 heterocycles. The second-order valence-electron chi connectivity index (χ2n) is 3.76. The third-order valence-electron chi connectivity index (χ3n) is 2.40. The summed E-state index contributed by atoms with van der Waals surface area (Å²) in [6.45, 7) is 5.04. The lowest BCUT2D eigenvalue weighted by atomic mass is 9.88. The topological polar surface area (TPSA) is 52.0 Å². The number of anilines is 1. The first-order valence-corrected chi connectivity index (χ1v) is 4.70. The maximum absolute atomic E-state index is 5.71. The molecule has 0 fully saturated rings. The van der Waals surface area contributed by atoms with E-state index in [0.29, 0.717) is 18.4 Å². The van der Waals surface area contributed by atoms with Gasteiger partial charge in [-0.3, -0.25) is 0 Å². The fourth-order valence-corrected chi connectivity index (χ4v) is 1.58. The zero-order valence-electron chi connectivity index (χ0n) is 8.33. The molecule has 0 aliphatic rings. The Balaban J connectivity index is 2.91. The van der Waals surface area contributed by atoms with Crippen LogP contribution in [0.25, 0.3) is 0 Å². The van der Waals surface area contributed by atoms with Gasteiger partial charge in [0.1, 0.15) is 0 Å². The van der Waals surface area contributed by atoms with E-state index in [9.17, 15) is 0 Å². The lowest BCUT2D eigenvalue weighted by molar-refractivity contribution is 0.506. The van der Waals surface area contributed by atoms with Crippen molar-refractivity contribution in [3.05, 3.63) is 29.8 Å². The van der Waals surface area contributed by atoms with E-state index in [1.165, 1.54) is 5.56 Å². The fraction of sp³-hybridized carbons (Fsp3) is 0.455. The maximum atomic E-state index is 5.71. The zero-order valence-corrected chi connectivity index (χ0v) is 8.33. The lowest BCUT2D eigenvalue weighted by Crippen LogP contribution is -2.17. The molecule has 1 aromatic carbocycles. The standard InChI is InChI=1S/C11H18N2/c1-8(2)11(7-12)9-4-3-5-10(13)6-9/h3-6,8,11H,7,12-13H2,1-2H3. The minimum atomic E-state index is 0.420. The van der Waals surface area contributed by atoms with E-state index in [1.54, 1.807) is 0 Å². The molecule has 0 saturated heterocycles. The van der Waals surface area contributed by atoms with Crippen LogP contribution in [0.5, 0.6) is 0 Å². The fourth-order valence-electron chi connectivity index (χ4n) is 1.58. The first-order chi connectivity index (χ1) is 6.15. The van der Waals surface area contributed by atoms with Crippen molar-refractivity contribution in [2.45, 2.75) is 19.8 Å². The van der Waals surface area contributed by atoms with Crippen LogP contribution in [0.1, 0.15) is 25.3 Å². The van der Waals surface area contributed by atoms with Gasteiger partial charge in [-0.15, -0.1) is 0 Å². The van der Waals surface area contributed by atoms with Crippen molar-refractivity contribution in [2.24, 2.45) is 11.7 Å². The van der Waals surface area contributed by atoms with E-state index in [2.05, 4.69) is 19.9 Å². The Morgan fingerprint density at radius 3 is 2.46 bits per heavy atom. The van der Waals surface area contributed by atoms with Crippen molar-refractivity contribution in [3.63, 3.8) is 0 Å². The van der Waals surface area contributed by atoms with E-state index in [0.717, 1.165) is 5.69 Å². The molecule has 2 nitrogen and oxygen atoms in total. The molecule has 0 amide bonds. The van der Waals surface area contributed by atoms with Gasteiger partial charge < -0.3 is 11.5 Å². The van der Waals surface area contributed by atoms with E-state index in [-0.39, 0.29) is 0 Å². The molecule has 4 N–H and O–H groups in total. The monoisotopic (exact) mass is 178 g/mol. The number of hydrogen-bond acceptors (Lipinski definition) is 2. The SMILES string of the molecule is CC(C)C(CN)c1cccc(N)c1. The number of nitrogen functional groups attached to an aromatic ring is 1. The predicted octanol–water partition coefficient (Wildman–Crippen LogP) is 1.97. The van der Waals surface area contributed by atoms with Crippen molar-refractivity contribution in [1.29, 1.82) is 0 Å². The van der Waals surface area contributed by atoms with Crippen LogP contribution in [0.2, 0.25) is 0 Å². The second kappa shape index (κ2) is 4.28. The molecule has 72 valence electrons. The average molecular weight is 178 g/mol. The maximum Gasteiger partial charge on any atom is 0.0316 e. The van der Waals surface area contributed by atoms with Crippen molar-refractivity contribution in [2.75, 3.05) is 12.3 Å². The summed E-state index contributed by atoms with van der Waals surface area (Å²) in [7, 11) is 0. The van der Waals surface area contributed by atoms with Crippen LogP contribution in [0.15, 0.2) is 24.3 Å². The summed E-state index contributed by atoms with van der Waals surface area (Å²) in [5, 5.41) is 0. The van der Waals surface area contributed by atoms with Crippen LogP contribution >= 0.6 is 0 Å². The Labute approximate surface area is 79.9 Å². The number of nitrogens with two attached hydrogens (primary N) is 2. The van der Waals surface area contributed by atoms with Gasteiger partial charge in [0.15, 0.2) is 0 Å². The van der Waals surface area contributed by atoms with Gasteiger partial charge in [0.25, 0.3) is 0 Å². The Morgan fingerprint density at radius 2 is 2.00 bits per heavy atom. The van der Waals surface area contributed by atoms with Crippen molar-refractivity contribution >= 4 is 5.69 Å². The normalized spacial score (nSPS) is 13.2. The van der Waals surface area contributed by atoms with Crippen LogP contribution in [-0.4, -0.2) is 6.54 Å². The van der Waals surface area contributed by atoms with Gasteiger partial charge in [-0.05, 0) is 36.1 Å². The summed E-state index contributed by atoms with van der Waals surface area (Å²) in [6, 6.07) is 7.98. The van der Waals surface area contributed by atoms with Gasteiger partial charge in [0.2, 0.25) is 0 Å². The molecule has 1 rings (SSSR count). The largest absolute Gasteiger partial charge is 0.399 e. The Bertz CT molecular complexity index is 269. The molecule has 0 bridgehead atoms. The van der Waals surface area contributed by atoms with Crippen LogP contribution in [-0.2, 0) is 0 Å². The third kappa shape index (κ3) is 2.46. The minimum Gasteiger partial charge on any atom is -0.399 e. The first-order valence-electron chi connectivity index (χ1n) is 4.70. The average Bonchev–Trinajstić information content (AvgIpc) is 2.04. The van der Waals surface area contributed by atoms with E-state index in [1.807, 2.05) is 18.2 Å². The molecule has 2 heteroatoms. The quantitative estimate of drug-likeness (QED) is 0.695. The third-order valence-corrected chi connectivity index (χ3v) is 2.40. The van der Waals surface area contributed by atoms with Gasteiger partial charge in [-0.1, -0.05) is 26.0 Å². The summed E-state index contributed by atoms with van der Waals surface area (Å²) < 4.78 is 0. The zero-order chi connectivity index (χ0) is 9.84. The molecule has 0 radical (unpaired) electrons. The number of benzene rings is 1. The smallest absolute Gasteiger partial charge is 0.0316 e. The van der Waals surface area contributed by atoms with Gasteiger partial charge in [0.05, 0.1) is 0 Å². The molecule has 13 heavy (non-hydrogen) atoms.